The van der Waals surface area contributed by atoms with Gasteiger partial charge in [-0.25, -0.2) is 4.98 Å². The van der Waals surface area contributed by atoms with Crippen LogP contribution in [0.3, 0.4) is 0 Å². The fourth-order valence-electron chi connectivity index (χ4n) is 4.45. The summed E-state index contributed by atoms with van der Waals surface area (Å²) in [5.74, 6) is 0.180. The quantitative estimate of drug-likeness (QED) is 0.768. The zero-order valence-corrected chi connectivity index (χ0v) is 18.7. The van der Waals surface area contributed by atoms with E-state index >= 15 is 0 Å². The molecule has 2 fully saturated rings. The van der Waals surface area contributed by atoms with Crippen LogP contribution in [0.2, 0.25) is 0 Å². The van der Waals surface area contributed by atoms with E-state index in [9.17, 15) is 4.79 Å². The Labute approximate surface area is 183 Å². The second-order valence-electron chi connectivity index (χ2n) is 8.41. The lowest BCUT2D eigenvalue weighted by atomic mass is 10.0. The van der Waals surface area contributed by atoms with E-state index < -0.39 is 0 Å². The third-order valence-corrected chi connectivity index (χ3v) is 7.16. The highest BCUT2D eigenvalue weighted by molar-refractivity contribution is 7.13. The number of piperidine rings is 1. The molecule has 0 aliphatic carbocycles. The molecule has 1 N–H and O–H groups in total. The number of thiazole rings is 1. The fraction of sp³-hybridized carbons (Fsp3) is 0.565. The van der Waals surface area contributed by atoms with Gasteiger partial charge in [0.05, 0.1) is 6.04 Å². The Morgan fingerprint density at radius 1 is 1.13 bits per heavy atom. The van der Waals surface area contributed by atoms with Crippen molar-refractivity contribution in [2.24, 2.45) is 0 Å². The van der Waals surface area contributed by atoms with E-state index in [1.54, 1.807) is 11.3 Å². The van der Waals surface area contributed by atoms with Gasteiger partial charge >= 0.3 is 0 Å². The smallest absolute Gasteiger partial charge is 0.237 e. The number of likely N-dealkylation sites (tertiary alicyclic amines) is 1. The third-order valence-electron chi connectivity index (χ3n) is 6.33. The highest BCUT2D eigenvalue weighted by atomic mass is 32.1. The van der Waals surface area contributed by atoms with Crippen LogP contribution in [0.1, 0.15) is 31.7 Å². The number of anilines is 1. The molecule has 1 atom stereocenters. The van der Waals surface area contributed by atoms with E-state index in [0.717, 1.165) is 70.2 Å². The van der Waals surface area contributed by atoms with Crippen LogP contribution in [0.4, 0.5) is 5.13 Å². The van der Waals surface area contributed by atoms with Crippen LogP contribution in [-0.4, -0.2) is 72.0 Å². The highest BCUT2D eigenvalue weighted by Crippen LogP contribution is 2.20. The molecular formula is C23H33N5OS. The van der Waals surface area contributed by atoms with Gasteiger partial charge in [-0.05, 0) is 31.7 Å². The van der Waals surface area contributed by atoms with Crippen molar-refractivity contribution in [3.8, 4) is 0 Å². The first-order chi connectivity index (χ1) is 14.7. The maximum Gasteiger partial charge on any atom is 0.237 e. The molecule has 0 spiro atoms. The summed E-state index contributed by atoms with van der Waals surface area (Å²) in [5, 5.41) is 6.45. The molecule has 1 amide bonds. The number of hydrogen-bond donors (Lipinski definition) is 1. The zero-order valence-electron chi connectivity index (χ0n) is 17.9. The number of amides is 1. The number of benzene rings is 1. The third kappa shape index (κ3) is 5.59. The standard InChI is InChI=1S/C23H33N5OS/c1-19(27-11-5-12-28(16-15-27)23-24-10-17-30-23)22(29)25-21-8-13-26(14-9-21)18-20-6-3-2-4-7-20/h2-4,6-7,10,17,19,21H,5,8-9,11-16,18H2,1H3,(H,25,29). The number of carbonyl (C=O) groups excluding carboxylic acids is 1. The Kier molecular flexibility index (Phi) is 7.36. The van der Waals surface area contributed by atoms with Gasteiger partial charge in [0.2, 0.25) is 5.91 Å². The summed E-state index contributed by atoms with van der Waals surface area (Å²) in [6, 6.07) is 10.9. The summed E-state index contributed by atoms with van der Waals surface area (Å²) in [4.78, 5) is 24.5. The molecule has 3 heterocycles. The zero-order chi connectivity index (χ0) is 20.8. The lowest BCUT2D eigenvalue weighted by Gasteiger charge is -2.34. The fourth-order valence-corrected chi connectivity index (χ4v) is 5.15. The van der Waals surface area contributed by atoms with Gasteiger partial charge in [-0.1, -0.05) is 30.3 Å². The number of nitrogens with one attached hydrogen (secondary N) is 1. The average molecular weight is 428 g/mol. The summed E-state index contributed by atoms with van der Waals surface area (Å²) < 4.78 is 0. The minimum Gasteiger partial charge on any atom is -0.352 e. The van der Waals surface area contributed by atoms with Gasteiger partial charge < -0.3 is 10.2 Å². The number of hydrogen-bond acceptors (Lipinski definition) is 6. The van der Waals surface area contributed by atoms with Gasteiger partial charge in [-0.2, -0.15) is 0 Å². The lowest BCUT2D eigenvalue weighted by molar-refractivity contribution is -0.126. The summed E-state index contributed by atoms with van der Waals surface area (Å²) in [7, 11) is 0. The normalized spacial score (nSPS) is 20.6. The molecule has 30 heavy (non-hydrogen) atoms. The molecule has 0 saturated carbocycles. The number of nitrogens with zero attached hydrogens (tertiary/aromatic N) is 4. The SMILES string of the molecule is CC(C(=O)NC1CCN(Cc2ccccc2)CC1)N1CCCN(c2nccs2)CC1. The first-order valence-electron chi connectivity index (χ1n) is 11.1. The van der Waals surface area contributed by atoms with E-state index in [0.29, 0.717) is 6.04 Å². The molecule has 0 radical (unpaired) electrons. The van der Waals surface area contributed by atoms with Crippen molar-refractivity contribution in [3.63, 3.8) is 0 Å². The van der Waals surface area contributed by atoms with Crippen LogP contribution in [-0.2, 0) is 11.3 Å². The topological polar surface area (TPSA) is 51.7 Å². The first-order valence-corrected chi connectivity index (χ1v) is 12.0. The largest absolute Gasteiger partial charge is 0.352 e. The van der Waals surface area contributed by atoms with Crippen molar-refractivity contribution in [1.82, 2.24) is 20.1 Å². The molecule has 7 heteroatoms. The van der Waals surface area contributed by atoms with Crippen LogP contribution in [0.25, 0.3) is 0 Å². The van der Waals surface area contributed by atoms with Crippen molar-refractivity contribution < 1.29 is 4.79 Å². The van der Waals surface area contributed by atoms with Gasteiger partial charge in [-0.15, -0.1) is 11.3 Å². The first kappa shape index (κ1) is 21.3. The molecule has 0 bridgehead atoms. The Balaban J connectivity index is 1.21. The van der Waals surface area contributed by atoms with Crippen LogP contribution in [0.5, 0.6) is 0 Å². The molecule has 1 aromatic heterocycles. The molecule has 162 valence electrons. The Bertz CT molecular complexity index is 776. The maximum atomic E-state index is 12.9. The molecule has 1 aromatic carbocycles. The molecule has 2 saturated heterocycles. The maximum absolute atomic E-state index is 12.9. The summed E-state index contributed by atoms with van der Waals surface area (Å²) in [6.45, 7) is 8.96. The molecule has 2 aliphatic heterocycles. The van der Waals surface area contributed by atoms with Gasteiger partial charge in [0.15, 0.2) is 5.13 Å². The monoisotopic (exact) mass is 427 g/mol. The molecule has 2 aliphatic rings. The van der Waals surface area contributed by atoms with E-state index in [1.807, 2.05) is 11.6 Å². The van der Waals surface area contributed by atoms with Crippen LogP contribution in [0, 0.1) is 0 Å². The second-order valence-corrected chi connectivity index (χ2v) is 9.28. The van der Waals surface area contributed by atoms with Crippen molar-refractivity contribution >= 4 is 22.4 Å². The van der Waals surface area contributed by atoms with E-state index in [4.69, 9.17) is 0 Å². The molecule has 4 rings (SSSR count). The Morgan fingerprint density at radius 2 is 1.93 bits per heavy atom. The van der Waals surface area contributed by atoms with Crippen molar-refractivity contribution in [1.29, 1.82) is 0 Å². The molecular weight excluding hydrogens is 394 g/mol. The summed E-state index contributed by atoms with van der Waals surface area (Å²) in [6.07, 6.45) is 4.99. The minimum atomic E-state index is -0.0800. The minimum absolute atomic E-state index is 0.0800. The average Bonchev–Trinajstić information content (AvgIpc) is 3.20. The van der Waals surface area contributed by atoms with Crippen LogP contribution in [0.15, 0.2) is 41.9 Å². The summed E-state index contributed by atoms with van der Waals surface area (Å²) in [5.41, 5.74) is 1.36. The lowest BCUT2D eigenvalue weighted by Crippen LogP contribution is -2.51. The number of aromatic nitrogens is 1. The van der Waals surface area contributed by atoms with Gasteiger partial charge in [-0.3, -0.25) is 14.6 Å². The predicted molar refractivity (Wildman–Crippen MR) is 123 cm³/mol. The molecule has 6 nitrogen and oxygen atoms in total. The van der Waals surface area contributed by atoms with Crippen LogP contribution < -0.4 is 10.2 Å². The Morgan fingerprint density at radius 3 is 2.67 bits per heavy atom. The molecule has 1 unspecified atom stereocenters. The van der Waals surface area contributed by atoms with Crippen molar-refractivity contribution in [2.45, 2.75) is 44.8 Å². The predicted octanol–water partition coefficient (Wildman–Crippen LogP) is 2.82. The van der Waals surface area contributed by atoms with E-state index in [-0.39, 0.29) is 11.9 Å². The Hall–Kier alpha value is -1.96. The van der Waals surface area contributed by atoms with Gasteiger partial charge in [0.25, 0.3) is 0 Å². The van der Waals surface area contributed by atoms with E-state index in [1.165, 1.54) is 5.56 Å². The number of rotatable bonds is 6. The van der Waals surface area contributed by atoms with Gasteiger partial charge in [0, 0.05) is 63.4 Å². The van der Waals surface area contributed by atoms with Gasteiger partial charge in [0.1, 0.15) is 0 Å². The van der Waals surface area contributed by atoms with Crippen LogP contribution >= 0.6 is 11.3 Å². The summed E-state index contributed by atoms with van der Waals surface area (Å²) >= 11 is 1.69. The van der Waals surface area contributed by atoms with Crippen molar-refractivity contribution in [2.75, 3.05) is 44.2 Å². The van der Waals surface area contributed by atoms with Crippen molar-refractivity contribution in [3.05, 3.63) is 47.5 Å². The van der Waals surface area contributed by atoms with E-state index in [2.05, 4.69) is 62.3 Å². The molecule has 2 aromatic rings. The number of carbonyl (C=O) groups is 1. The highest BCUT2D eigenvalue weighted by Gasteiger charge is 2.27. The second kappa shape index (κ2) is 10.4.